The largest absolute Gasteiger partial charge is 0.507 e. The summed E-state index contributed by atoms with van der Waals surface area (Å²) in [6, 6.07) is 12.7. The Kier molecular flexibility index (Phi) is 4.09. The van der Waals surface area contributed by atoms with E-state index in [9.17, 15) is 9.90 Å². The van der Waals surface area contributed by atoms with E-state index in [1.165, 1.54) is 11.0 Å². The van der Waals surface area contributed by atoms with Crippen LogP contribution in [0.3, 0.4) is 0 Å². The molecular formula is C15H14INO2. The summed E-state index contributed by atoms with van der Waals surface area (Å²) in [4.78, 5) is 13.9. The molecule has 2 aromatic carbocycles. The Hall–Kier alpha value is -1.56. The highest BCUT2D eigenvalue weighted by Gasteiger charge is 2.17. The molecule has 0 saturated carbocycles. The average molecular weight is 367 g/mol. The van der Waals surface area contributed by atoms with Crippen molar-refractivity contribution in [1.29, 1.82) is 0 Å². The Morgan fingerprint density at radius 1 is 1.16 bits per heavy atom. The molecule has 0 atom stereocenters. The molecule has 0 saturated heterocycles. The number of benzene rings is 2. The van der Waals surface area contributed by atoms with Crippen molar-refractivity contribution in [1.82, 2.24) is 0 Å². The van der Waals surface area contributed by atoms with Gasteiger partial charge in [0, 0.05) is 16.3 Å². The van der Waals surface area contributed by atoms with Crippen molar-refractivity contribution < 1.29 is 9.90 Å². The highest BCUT2D eigenvalue weighted by Crippen LogP contribution is 2.23. The molecule has 1 N–H and O–H groups in total. The Balaban J connectivity index is 2.33. The van der Waals surface area contributed by atoms with Crippen LogP contribution in [-0.4, -0.2) is 18.1 Å². The van der Waals surface area contributed by atoms with Gasteiger partial charge >= 0.3 is 0 Å². The molecule has 0 aliphatic heterocycles. The van der Waals surface area contributed by atoms with Crippen LogP contribution >= 0.6 is 22.6 Å². The quantitative estimate of drug-likeness (QED) is 0.825. The minimum absolute atomic E-state index is 0.00405. The van der Waals surface area contributed by atoms with Crippen LogP contribution in [0.1, 0.15) is 15.9 Å². The number of anilines is 1. The van der Waals surface area contributed by atoms with Gasteiger partial charge in [0.05, 0.1) is 5.56 Å². The highest BCUT2D eigenvalue weighted by atomic mass is 127. The van der Waals surface area contributed by atoms with E-state index < -0.39 is 0 Å². The minimum atomic E-state index is -0.222. The van der Waals surface area contributed by atoms with E-state index in [0.29, 0.717) is 5.56 Å². The number of hydrogen-bond donors (Lipinski definition) is 1. The van der Waals surface area contributed by atoms with Gasteiger partial charge in [-0.05, 0) is 59.8 Å². The van der Waals surface area contributed by atoms with Crippen molar-refractivity contribution in [3.63, 3.8) is 0 Å². The zero-order valence-electron chi connectivity index (χ0n) is 10.7. The first kappa shape index (κ1) is 13.9. The summed E-state index contributed by atoms with van der Waals surface area (Å²) in [6.45, 7) is 2.00. The zero-order chi connectivity index (χ0) is 14.0. The lowest BCUT2D eigenvalue weighted by molar-refractivity contribution is 0.0990. The molecule has 1 amide bonds. The number of phenols is 1. The summed E-state index contributed by atoms with van der Waals surface area (Å²) < 4.78 is 0.913. The molecule has 4 heteroatoms. The molecule has 0 bridgehead atoms. The van der Waals surface area contributed by atoms with E-state index in [0.717, 1.165) is 14.8 Å². The first-order chi connectivity index (χ1) is 8.99. The van der Waals surface area contributed by atoms with E-state index >= 15 is 0 Å². The third kappa shape index (κ3) is 3.07. The van der Waals surface area contributed by atoms with Gasteiger partial charge in [-0.25, -0.2) is 0 Å². The third-order valence-corrected chi connectivity index (χ3v) is 3.59. The molecule has 0 fully saturated rings. The molecule has 0 spiro atoms. The summed E-state index contributed by atoms with van der Waals surface area (Å²) in [7, 11) is 1.70. The van der Waals surface area contributed by atoms with Crippen LogP contribution in [0.25, 0.3) is 0 Å². The standard InChI is InChI=1S/C15H14INO2/c1-10-3-6-12(7-4-10)17(2)15(19)13-9-11(16)5-8-14(13)18/h3-9,18H,1-2H3. The van der Waals surface area contributed by atoms with E-state index in [2.05, 4.69) is 22.6 Å². The van der Waals surface area contributed by atoms with Gasteiger partial charge in [0.25, 0.3) is 5.91 Å². The van der Waals surface area contributed by atoms with Crippen molar-refractivity contribution in [2.24, 2.45) is 0 Å². The molecular weight excluding hydrogens is 353 g/mol. The van der Waals surface area contributed by atoms with Crippen LogP contribution < -0.4 is 4.90 Å². The Morgan fingerprint density at radius 3 is 2.42 bits per heavy atom. The number of nitrogens with zero attached hydrogens (tertiary/aromatic N) is 1. The maximum absolute atomic E-state index is 12.4. The molecule has 0 unspecified atom stereocenters. The number of rotatable bonds is 2. The van der Waals surface area contributed by atoms with Gasteiger partial charge in [-0.15, -0.1) is 0 Å². The molecule has 3 nitrogen and oxygen atoms in total. The van der Waals surface area contributed by atoms with Crippen molar-refractivity contribution in [2.45, 2.75) is 6.92 Å². The molecule has 2 aromatic rings. The van der Waals surface area contributed by atoms with Crippen molar-refractivity contribution in [3.8, 4) is 5.75 Å². The minimum Gasteiger partial charge on any atom is -0.507 e. The van der Waals surface area contributed by atoms with Crippen LogP contribution in [0.15, 0.2) is 42.5 Å². The number of carbonyl (C=O) groups is 1. The van der Waals surface area contributed by atoms with Crippen LogP contribution in [0.4, 0.5) is 5.69 Å². The zero-order valence-corrected chi connectivity index (χ0v) is 12.9. The number of aryl methyl sites for hydroxylation is 1. The van der Waals surface area contributed by atoms with Crippen molar-refractivity contribution in [3.05, 3.63) is 57.2 Å². The third-order valence-electron chi connectivity index (χ3n) is 2.91. The van der Waals surface area contributed by atoms with E-state index in [-0.39, 0.29) is 11.7 Å². The van der Waals surface area contributed by atoms with Crippen LogP contribution in [0.2, 0.25) is 0 Å². The Bertz CT molecular complexity index is 608. The maximum atomic E-state index is 12.4. The smallest absolute Gasteiger partial charge is 0.261 e. The Morgan fingerprint density at radius 2 is 1.79 bits per heavy atom. The fraction of sp³-hybridized carbons (Fsp3) is 0.133. The lowest BCUT2D eigenvalue weighted by atomic mass is 10.1. The fourth-order valence-corrected chi connectivity index (χ4v) is 2.24. The molecule has 0 heterocycles. The topological polar surface area (TPSA) is 40.5 Å². The predicted octanol–water partition coefficient (Wildman–Crippen LogP) is 3.58. The van der Waals surface area contributed by atoms with Gasteiger partial charge in [-0.2, -0.15) is 0 Å². The second-order valence-corrected chi connectivity index (χ2v) is 5.61. The van der Waals surface area contributed by atoms with Gasteiger partial charge < -0.3 is 10.0 Å². The van der Waals surface area contributed by atoms with Gasteiger partial charge in [0.15, 0.2) is 0 Å². The Labute approximate surface area is 126 Å². The predicted molar refractivity (Wildman–Crippen MR) is 84.7 cm³/mol. The number of amides is 1. The van der Waals surface area contributed by atoms with Crippen LogP contribution in [0, 0.1) is 10.5 Å². The number of hydrogen-bond acceptors (Lipinski definition) is 2. The SMILES string of the molecule is Cc1ccc(N(C)C(=O)c2cc(I)ccc2O)cc1. The van der Waals surface area contributed by atoms with Gasteiger partial charge in [0.2, 0.25) is 0 Å². The second kappa shape index (κ2) is 5.61. The fourth-order valence-electron chi connectivity index (χ4n) is 1.75. The van der Waals surface area contributed by atoms with E-state index in [1.807, 2.05) is 31.2 Å². The molecule has 98 valence electrons. The summed E-state index contributed by atoms with van der Waals surface area (Å²) in [5.41, 5.74) is 2.26. The molecule has 0 radical (unpaired) electrons. The van der Waals surface area contributed by atoms with Gasteiger partial charge in [-0.3, -0.25) is 4.79 Å². The van der Waals surface area contributed by atoms with Gasteiger partial charge in [-0.1, -0.05) is 17.7 Å². The van der Waals surface area contributed by atoms with E-state index in [4.69, 9.17) is 0 Å². The van der Waals surface area contributed by atoms with Crippen molar-refractivity contribution in [2.75, 3.05) is 11.9 Å². The molecule has 0 aliphatic rings. The monoisotopic (exact) mass is 367 g/mol. The summed E-state index contributed by atoms with van der Waals surface area (Å²) in [5.74, 6) is -0.218. The number of aromatic hydroxyl groups is 1. The maximum Gasteiger partial charge on any atom is 0.261 e. The molecule has 2 rings (SSSR count). The number of carbonyl (C=O) groups excluding carboxylic acids is 1. The van der Waals surface area contributed by atoms with Gasteiger partial charge in [0.1, 0.15) is 5.75 Å². The van der Waals surface area contributed by atoms with Crippen molar-refractivity contribution >= 4 is 34.2 Å². The average Bonchev–Trinajstić information content (AvgIpc) is 2.41. The molecule has 0 aliphatic carbocycles. The van der Waals surface area contributed by atoms with Crippen LogP contribution in [-0.2, 0) is 0 Å². The van der Waals surface area contributed by atoms with E-state index in [1.54, 1.807) is 19.2 Å². The normalized spacial score (nSPS) is 10.3. The summed E-state index contributed by atoms with van der Waals surface area (Å²) >= 11 is 2.12. The highest BCUT2D eigenvalue weighted by molar-refractivity contribution is 14.1. The lowest BCUT2D eigenvalue weighted by Crippen LogP contribution is -2.26. The lowest BCUT2D eigenvalue weighted by Gasteiger charge is -2.18. The number of phenolic OH excluding ortho intramolecular Hbond substituents is 1. The summed E-state index contributed by atoms with van der Waals surface area (Å²) in [5, 5.41) is 9.79. The summed E-state index contributed by atoms with van der Waals surface area (Å²) in [6.07, 6.45) is 0. The molecule has 19 heavy (non-hydrogen) atoms. The van der Waals surface area contributed by atoms with Crippen LogP contribution in [0.5, 0.6) is 5.75 Å². The first-order valence-corrected chi connectivity index (χ1v) is 6.90. The molecule has 0 aromatic heterocycles. The first-order valence-electron chi connectivity index (χ1n) is 5.82. The second-order valence-electron chi connectivity index (χ2n) is 4.36. The number of halogens is 1.